The summed E-state index contributed by atoms with van der Waals surface area (Å²) in [5.41, 5.74) is 0.903. The molecule has 130 valence electrons. The zero-order valence-electron chi connectivity index (χ0n) is 13.4. The molecule has 8 heteroatoms. The highest BCUT2D eigenvalue weighted by Gasteiger charge is 2.13. The summed E-state index contributed by atoms with van der Waals surface area (Å²) in [4.78, 5) is 17.4. The number of rotatable bonds is 7. The largest absolute Gasteiger partial charge is 0.349 e. The molecule has 1 N–H and O–H groups in total. The van der Waals surface area contributed by atoms with Crippen LogP contribution in [0.2, 0.25) is 5.02 Å². The second kappa shape index (κ2) is 8.51. The molecule has 5 nitrogen and oxygen atoms in total. The number of carbonyl (C=O) groups is 1. The van der Waals surface area contributed by atoms with Gasteiger partial charge in [0.25, 0.3) is 0 Å². The van der Waals surface area contributed by atoms with Crippen LogP contribution in [0.15, 0.2) is 46.3 Å². The molecule has 0 saturated carbocycles. The number of amides is 1. The van der Waals surface area contributed by atoms with Gasteiger partial charge in [0.1, 0.15) is 0 Å². The molecule has 2 aromatic heterocycles. The van der Waals surface area contributed by atoms with Crippen LogP contribution in [0.25, 0.3) is 10.7 Å². The smallest absolute Gasteiger partial charge is 0.236 e. The third-order valence-electron chi connectivity index (χ3n) is 3.42. The minimum atomic E-state index is -0.143. The summed E-state index contributed by atoms with van der Waals surface area (Å²) in [7, 11) is 0. The minimum Gasteiger partial charge on any atom is -0.349 e. The SMILES string of the molecule is CC(NC(=O)CSCc1nc(-c2cccs2)no1)c1ccccc1Cl. The van der Waals surface area contributed by atoms with E-state index in [1.165, 1.54) is 11.8 Å². The summed E-state index contributed by atoms with van der Waals surface area (Å²) in [6, 6.07) is 11.2. The van der Waals surface area contributed by atoms with Gasteiger partial charge in [0.05, 0.1) is 22.4 Å². The summed E-state index contributed by atoms with van der Waals surface area (Å²) >= 11 is 9.13. The van der Waals surface area contributed by atoms with Gasteiger partial charge in [-0.3, -0.25) is 4.79 Å². The van der Waals surface area contributed by atoms with E-state index in [0.717, 1.165) is 10.4 Å². The maximum absolute atomic E-state index is 12.1. The lowest BCUT2D eigenvalue weighted by Crippen LogP contribution is -2.28. The van der Waals surface area contributed by atoms with Crippen molar-refractivity contribution in [2.24, 2.45) is 0 Å². The molecule has 0 aliphatic carbocycles. The summed E-state index contributed by atoms with van der Waals surface area (Å²) in [6.07, 6.45) is 0. The molecule has 0 radical (unpaired) electrons. The molecular weight excluding hydrogens is 378 g/mol. The molecule has 1 aromatic carbocycles. The molecule has 0 saturated heterocycles. The summed E-state index contributed by atoms with van der Waals surface area (Å²) in [5.74, 6) is 1.84. The Morgan fingerprint density at radius 2 is 2.20 bits per heavy atom. The molecule has 0 spiro atoms. The topological polar surface area (TPSA) is 68.0 Å². The lowest BCUT2D eigenvalue weighted by atomic mass is 10.1. The molecule has 0 bridgehead atoms. The van der Waals surface area contributed by atoms with Crippen LogP contribution < -0.4 is 5.32 Å². The Hall–Kier alpha value is -1.83. The Labute approximate surface area is 158 Å². The molecule has 0 aliphatic rings. The first-order valence-electron chi connectivity index (χ1n) is 7.61. The summed E-state index contributed by atoms with van der Waals surface area (Å²) in [6.45, 7) is 1.91. The number of hydrogen-bond acceptors (Lipinski definition) is 6. The number of thioether (sulfide) groups is 1. The predicted octanol–water partition coefficient (Wildman–Crippen LogP) is 4.56. The van der Waals surface area contributed by atoms with Gasteiger partial charge in [-0.15, -0.1) is 23.1 Å². The first kappa shape index (κ1) is 18.0. The van der Waals surface area contributed by atoms with E-state index < -0.39 is 0 Å². The number of carbonyl (C=O) groups excluding carboxylic acids is 1. The van der Waals surface area contributed by atoms with Crippen molar-refractivity contribution in [3.05, 3.63) is 58.3 Å². The quantitative estimate of drug-likeness (QED) is 0.637. The van der Waals surface area contributed by atoms with Crippen LogP contribution in [-0.4, -0.2) is 21.8 Å². The lowest BCUT2D eigenvalue weighted by molar-refractivity contribution is -0.119. The molecule has 1 amide bonds. The summed E-state index contributed by atoms with van der Waals surface area (Å²) in [5, 5.41) is 9.50. The second-order valence-corrected chi connectivity index (χ2v) is 7.63. The van der Waals surface area contributed by atoms with Gasteiger partial charge in [-0.25, -0.2) is 0 Å². The third-order valence-corrected chi connectivity index (χ3v) is 5.54. The van der Waals surface area contributed by atoms with Crippen LogP contribution in [0.4, 0.5) is 0 Å². The van der Waals surface area contributed by atoms with Gasteiger partial charge < -0.3 is 9.84 Å². The highest BCUT2D eigenvalue weighted by Crippen LogP contribution is 2.23. The number of hydrogen-bond donors (Lipinski definition) is 1. The van der Waals surface area contributed by atoms with Crippen molar-refractivity contribution in [3.63, 3.8) is 0 Å². The molecule has 1 atom stereocenters. The highest BCUT2D eigenvalue weighted by molar-refractivity contribution is 7.99. The normalized spacial score (nSPS) is 12.1. The molecule has 3 rings (SSSR count). The third kappa shape index (κ3) is 4.84. The van der Waals surface area contributed by atoms with Crippen LogP contribution in [0, 0.1) is 0 Å². The average molecular weight is 394 g/mol. The zero-order valence-corrected chi connectivity index (χ0v) is 15.8. The Balaban J connectivity index is 1.46. The second-order valence-electron chi connectivity index (χ2n) is 5.29. The lowest BCUT2D eigenvalue weighted by Gasteiger charge is -2.15. The van der Waals surface area contributed by atoms with Crippen molar-refractivity contribution in [2.45, 2.75) is 18.7 Å². The van der Waals surface area contributed by atoms with Gasteiger partial charge in [-0.1, -0.05) is 41.0 Å². The maximum Gasteiger partial charge on any atom is 0.236 e. The van der Waals surface area contributed by atoms with E-state index in [-0.39, 0.29) is 11.9 Å². The summed E-state index contributed by atoms with van der Waals surface area (Å²) < 4.78 is 5.21. The Morgan fingerprint density at radius 1 is 1.36 bits per heavy atom. The number of halogens is 1. The van der Waals surface area contributed by atoms with Crippen LogP contribution >= 0.6 is 34.7 Å². The van der Waals surface area contributed by atoms with E-state index in [1.54, 1.807) is 11.3 Å². The van der Waals surface area contributed by atoms with Gasteiger partial charge in [-0.05, 0) is 30.0 Å². The standard InChI is InChI=1S/C17H16ClN3O2S2/c1-11(12-5-2-3-6-13(12)18)19-15(22)9-24-10-16-20-17(21-23-16)14-7-4-8-25-14/h2-8,11H,9-10H2,1H3,(H,19,22). The number of nitrogens with zero attached hydrogens (tertiary/aromatic N) is 2. The number of benzene rings is 1. The van der Waals surface area contributed by atoms with Crippen molar-refractivity contribution in [2.75, 3.05) is 5.75 Å². The average Bonchev–Trinajstić information content (AvgIpc) is 3.26. The van der Waals surface area contributed by atoms with Crippen LogP contribution in [0.1, 0.15) is 24.4 Å². The van der Waals surface area contributed by atoms with Gasteiger partial charge in [0.15, 0.2) is 0 Å². The number of nitrogens with one attached hydrogen (secondary N) is 1. The van der Waals surface area contributed by atoms with Crippen LogP contribution in [-0.2, 0) is 10.5 Å². The molecule has 1 unspecified atom stereocenters. The van der Waals surface area contributed by atoms with E-state index in [4.69, 9.17) is 16.1 Å². The Morgan fingerprint density at radius 3 is 2.96 bits per heavy atom. The van der Waals surface area contributed by atoms with Gasteiger partial charge in [0.2, 0.25) is 17.6 Å². The van der Waals surface area contributed by atoms with Crippen LogP contribution in [0.5, 0.6) is 0 Å². The van der Waals surface area contributed by atoms with Gasteiger partial charge in [-0.2, -0.15) is 4.98 Å². The van der Waals surface area contributed by atoms with Crippen molar-refractivity contribution in [3.8, 4) is 10.7 Å². The first-order valence-corrected chi connectivity index (χ1v) is 10.0. The van der Waals surface area contributed by atoms with Crippen molar-refractivity contribution in [1.29, 1.82) is 0 Å². The maximum atomic E-state index is 12.1. The van der Waals surface area contributed by atoms with E-state index in [2.05, 4.69) is 15.5 Å². The fourth-order valence-electron chi connectivity index (χ4n) is 2.24. The van der Waals surface area contributed by atoms with Crippen LogP contribution in [0.3, 0.4) is 0 Å². The van der Waals surface area contributed by atoms with E-state index in [9.17, 15) is 4.79 Å². The predicted molar refractivity (Wildman–Crippen MR) is 102 cm³/mol. The van der Waals surface area contributed by atoms with Crippen molar-refractivity contribution >= 4 is 40.6 Å². The molecule has 0 fully saturated rings. The fraction of sp³-hybridized carbons (Fsp3) is 0.235. The molecule has 25 heavy (non-hydrogen) atoms. The first-order chi connectivity index (χ1) is 12.1. The highest BCUT2D eigenvalue weighted by atomic mass is 35.5. The van der Waals surface area contributed by atoms with Crippen molar-refractivity contribution < 1.29 is 9.32 Å². The zero-order chi connectivity index (χ0) is 17.6. The van der Waals surface area contributed by atoms with Crippen molar-refractivity contribution in [1.82, 2.24) is 15.5 Å². The number of aromatic nitrogens is 2. The van der Waals surface area contributed by atoms with E-state index >= 15 is 0 Å². The van der Waals surface area contributed by atoms with E-state index in [1.807, 2.05) is 48.7 Å². The Kier molecular flexibility index (Phi) is 6.12. The van der Waals surface area contributed by atoms with E-state index in [0.29, 0.717) is 28.2 Å². The Bertz CT molecular complexity index is 836. The monoisotopic (exact) mass is 393 g/mol. The fourth-order valence-corrected chi connectivity index (χ4v) is 3.85. The van der Waals surface area contributed by atoms with Gasteiger partial charge >= 0.3 is 0 Å². The molecular formula is C17H16ClN3O2S2. The molecule has 2 heterocycles. The number of thiophene rings is 1. The molecule has 0 aliphatic heterocycles. The minimum absolute atomic E-state index is 0.0598. The van der Waals surface area contributed by atoms with Gasteiger partial charge in [0, 0.05) is 5.02 Å². The molecule has 3 aromatic rings.